The van der Waals surface area contributed by atoms with Gasteiger partial charge in [-0.25, -0.2) is 13.9 Å². The Balaban J connectivity index is 0.000000218. The maximum atomic E-state index is 13.5. The van der Waals surface area contributed by atoms with Gasteiger partial charge < -0.3 is 5.73 Å². The monoisotopic (exact) mass is 503 g/mol. The fourth-order valence-corrected chi connectivity index (χ4v) is 3.92. The van der Waals surface area contributed by atoms with Gasteiger partial charge in [0, 0.05) is 24.2 Å². The van der Waals surface area contributed by atoms with Crippen molar-refractivity contribution in [3.05, 3.63) is 99.6 Å². The van der Waals surface area contributed by atoms with Crippen molar-refractivity contribution in [3.8, 4) is 5.69 Å². The van der Waals surface area contributed by atoms with Crippen LogP contribution in [0.15, 0.2) is 71.8 Å². The van der Waals surface area contributed by atoms with Crippen molar-refractivity contribution >= 4 is 33.7 Å². The highest BCUT2D eigenvalue weighted by molar-refractivity contribution is 6.29. The Morgan fingerprint density at radius 3 is 2.51 bits per heavy atom. The summed E-state index contributed by atoms with van der Waals surface area (Å²) < 4.78 is 56.0. The highest BCUT2D eigenvalue weighted by atomic mass is 35.5. The van der Waals surface area contributed by atoms with Crippen LogP contribution in [0.3, 0.4) is 0 Å². The van der Waals surface area contributed by atoms with Crippen molar-refractivity contribution in [2.75, 3.05) is 5.73 Å². The predicted molar refractivity (Wildman–Crippen MR) is 126 cm³/mol. The first-order valence-electron chi connectivity index (χ1n) is 10.4. The van der Waals surface area contributed by atoms with Gasteiger partial charge in [0.05, 0.1) is 22.3 Å². The number of benzene rings is 2. The second-order valence-electron chi connectivity index (χ2n) is 7.50. The molecule has 0 amide bonds. The smallest absolute Gasteiger partial charge is 0.396 e. The molecular weight excluding hydrogens is 486 g/mol. The summed E-state index contributed by atoms with van der Waals surface area (Å²) >= 11 is 5.64. The first-order valence-corrected chi connectivity index (χ1v) is 10.7. The van der Waals surface area contributed by atoms with Crippen molar-refractivity contribution in [2.45, 2.75) is 19.5 Å². The van der Waals surface area contributed by atoms with E-state index < -0.39 is 28.5 Å². The fraction of sp³-hybridized carbons (Fsp3) is 0.125. The number of nitrogens with zero attached hydrogens (tertiary/aromatic N) is 4. The number of nitrogens with two attached hydrogens (primary N) is 1. The molecule has 2 N–H and O–H groups in total. The van der Waals surface area contributed by atoms with Crippen LogP contribution in [0.5, 0.6) is 0 Å². The summed E-state index contributed by atoms with van der Waals surface area (Å²) in [6.07, 6.45) is -0.920. The minimum atomic E-state index is -4.65. The number of hydrogen-bond donors (Lipinski definition) is 1. The standard InChI is InChI=1S/C18H13F4NO.C6H5ClN4/c1-2-13-9-11-5-3-8-15(18(20,21)22)16(11)17(24)23(13)14-7-4-6-12(19)10-14;7-5-3-4(8)6-9-1-2-11(6)10-5/h3-10H,2H2,1H3;1-3H,8H2. The lowest BCUT2D eigenvalue weighted by atomic mass is 10.0. The molecule has 0 aliphatic carbocycles. The van der Waals surface area contributed by atoms with Crippen molar-refractivity contribution in [1.29, 1.82) is 0 Å². The van der Waals surface area contributed by atoms with E-state index in [0.29, 0.717) is 28.6 Å². The number of rotatable bonds is 2. The zero-order valence-electron chi connectivity index (χ0n) is 18.2. The zero-order valence-corrected chi connectivity index (χ0v) is 19.0. The van der Waals surface area contributed by atoms with E-state index in [-0.39, 0.29) is 11.1 Å². The molecule has 0 aliphatic heterocycles. The Bertz CT molecular complexity index is 1590. The molecule has 0 aliphatic rings. The normalized spacial score (nSPS) is 11.5. The summed E-state index contributed by atoms with van der Waals surface area (Å²) in [5, 5.41) is 4.12. The van der Waals surface area contributed by atoms with E-state index in [4.69, 9.17) is 17.3 Å². The minimum Gasteiger partial charge on any atom is -0.396 e. The molecule has 3 aromatic heterocycles. The summed E-state index contributed by atoms with van der Waals surface area (Å²) in [5.41, 5.74) is 5.69. The van der Waals surface area contributed by atoms with E-state index >= 15 is 0 Å². The molecule has 35 heavy (non-hydrogen) atoms. The van der Waals surface area contributed by atoms with Crippen LogP contribution in [0.1, 0.15) is 18.2 Å². The number of imidazole rings is 1. The number of anilines is 1. The predicted octanol–water partition coefficient (Wildman–Crippen LogP) is 5.68. The Morgan fingerprint density at radius 1 is 1.09 bits per heavy atom. The van der Waals surface area contributed by atoms with Gasteiger partial charge >= 0.3 is 6.18 Å². The SMILES string of the molecule is CCc1cc2cccc(C(F)(F)F)c2c(=O)n1-c1cccc(F)c1.Nc1cc(Cl)nn2ccnc12. The summed E-state index contributed by atoms with van der Waals surface area (Å²) in [4.78, 5) is 16.8. The summed E-state index contributed by atoms with van der Waals surface area (Å²) in [6, 6.07) is 12.0. The lowest BCUT2D eigenvalue weighted by Crippen LogP contribution is -2.24. The van der Waals surface area contributed by atoms with E-state index in [1.807, 2.05) is 0 Å². The minimum absolute atomic E-state index is 0.204. The van der Waals surface area contributed by atoms with Gasteiger partial charge in [0.1, 0.15) is 5.82 Å². The van der Waals surface area contributed by atoms with Gasteiger partial charge in [0.2, 0.25) is 0 Å². The number of halogens is 5. The largest absolute Gasteiger partial charge is 0.417 e. The molecule has 0 bridgehead atoms. The molecule has 6 nitrogen and oxygen atoms in total. The van der Waals surface area contributed by atoms with E-state index in [2.05, 4.69) is 10.1 Å². The second kappa shape index (κ2) is 9.38. The van der Waals surface area contributed by atoms with Crippen LogP contribution < -0.4 is 11.3 Å². The number of hydrogen-bond acceptors (Lipinski definition) is 4. The van der Waals surface area contributed by atoms with Gasteiger partial charge in [0.15, 0.2) is 10.8 Å². The van der Waals surface area contributed by atoms with E-state index in [0.717, 1.165) is 16.7 Å². The second-order valence-corrected chi connectivity index (χ2v) is 7.88. The molecule has 0 atom stereocenters. The Labute approximate surface area is 201 Å². The van der Waals surface area contributed by atoms with Gasteiger partial charge in [-0.05, 0) is 42.1 Å². The summed E-state index contributed by atoms with van der Waals surface area (Å²) in [7, 11) is 0. The zero-order chi connectivity index (χ0) is 25.3. The first kappa shape index (κ1) is 24.2. The van der Waals surface area contributed by atoms with Crippen LogP contribution in [0.2, 0.25) is 5.15 Å². The van der Waals surface area contributed by atoms with Crippen molar-refractivity contribution in [2.24, 2.45) is 0 Å². The average molecular weight is 504 g/mol. The third-order valence-corrected chi connectivity index (χ3v) is 5.40. The van der Waals surface area contributed by atoms with Gasteiger partial charge in [-0.15, -0.1) is 0 Å². The molecule has 180 valence electrons. The van der Waals surface area contributed by atoms with Crippen molar-refractivity contribution in [3.63, 3.8) is 0 Å². The maximum Gasteiger partial charge on any atom is 0.417 e. The molecule has 0 fully saturated rings. The molecule has 5 rings (SSSR count). The molecule has 0 saturated carbocycles. The highest BCUT2D eigenvalue weighted by Gasteiger charge is 2.34. The number of aryl methyl sites for hydroxylation is 1. The van der Waals surface area contributed by atoms with Crippen LogP contribution >= 0.6 is 11.6 Å². The Kier molecular flexibility index (Phi) is 6.49. The summed E-state index contributed by atoms with van der Waals surface area (Å²) in [5.74, 6) is -0.564. The van der Waals surface area contributed by atoms with E-state index in [1.165, 1.54) is 40.9 Å². The van der Waals surface area contributed by atoms with Crippen LogP contribution in [0.25, 0.3) is 22.1 Å². The number of fused-ring (bicyclic) bond motifs is 2. The number of nitrogen functional groups attached to an aromatic ring is 1. The molecule has 0 radical (unpaired) electrons. The molecule has 2 aromatic carbocycles. The van der Waals surface area contributed by atoms with E-state index in [1.54, 1.807) is 25.4 Å². The van der Waals surface area contributed by atoms with Crippen LogP contribution in [-0.4, -0.2) is 19.2 Å². The molecular formula is C24H18ClF4N5O. The topological polar surface area (TPSA) is 78.2 Å². The lowest BCUT2D eigenvalue weighted by molar-refractivity contribution is -0.136. The quantitative estimate of drug-likeness (QED) is 0.315. The molecule has 0 saturated heterocycles. The molecule has 5 aromatic rings. The average Bonchev–Trinajstić information content (AvgIpc) is 3.27. The van der Waals surface area contributed by atoms with Crippen molar-refractivity contribution < 1.29 is 17.6 Å². The third kappa shape index (κ3) is 4.83. The third-order valence-electron chi connectivity index (χ3n) is 5.21. The number of alkyl halides is 3. The van der Waals surface area contributed by atoms with E-state index in [9.17, 15) is 22.4 Å². The Hall–Kier alpha value is -3.92. The van der Waals surface area contributed by atoms with Gasteiger partial charge in [-0.1, -0.05) is 36.7 Å². The van der Waals surface area contributed by atoms with Crippen molar-refractivity contribution in [1.82, 2.24) is 19.2 Å². The number of aromatic nitrogens is 4. The molecule has 0 unspecified atom stereocenters. The Morgan fingerprint density at radius 2 is 1.83 bits per heavy atom. The van der Waals surface area contributed by atoms with Gasteiger partial charge in [-0.2, -0.15) is 18.3 Å². The van der Waals surface area contributed by atoms with Crippen LogP contribution in [-0.2, 0) is 12.6 Å². The maximum absolute atomic E-state index is 13.5. The molecule has 0 spiro atoms. The van der Waals surface area contributed by atoms with Gasteiger partial charge in [-0.3, -0.25) is 9.36 Å². The molecule has 11 heteroatoms. The van der Waals surface area contributed by atoms with Crippen LogP contribution in [0, 0.1) is 5.82 Å². The molecule has 3 heterocycles. The lowest BCUT2D eigenvalue weighted by Gasteiger charge is -2.16. The highest BCUT2D eigenvalue weighted by Crippen LogP contribution is 2.33. The van der Waals surface area contributed by atoms with Gasteiger partial charge in [0.25, 0.3) is 5.56 Å². The summed E-state index contributed by atoms with van der Waals surface area (Å²) in [6.45, 7) is 1.78. The number of pyridine rings is 1. The van der Waals surface area contributed by atoms with Crippen LogP contribution in [0.4, 0.5) is 23.2 Å². The fourth-order valence-electron chi connectivity index (χ4n) is 3.72. The first-order chi connectivity index (χ1) is 16.6.